The van der Waals surface area contributed by atoms with Gasteiger partial charge in [0, 0.05) is 38.3 Å². The first-order valence-electron chi connectivity index (χ1n) is 5.95. The molecular weight excluding hydrogens is 232 g/mol. The van der Waals surface area contributed by atoms with Crippen molar-refractivity contribution in [2.75, 3.05) is 13.2 Å². The zero-order valence-electron chi connectivity index (χ0n) is 10.5. The normalized spacial score (nSPS) is 11.0. The summed E-state index contributed by atoms with van der Waals surface area (Å²) in [6.07, 6.45) is 6.30. The van der Waals surface area contributed by atoms with Crippen LogP contribution in [0.15, 0.2) is 18.7 Å². The predicted molar refractivity (Wildman–Crippen MR) is 65.7 cm³/mol. The number of aryl methyl sites for hydroxylation is 1. The Bertz CT molecular complexity index is 477. The lowest BCUT2D eigenvalue weighted by Gasteiger charge is -2.02. The standard InChI is InChI=1S/C11H18N6O/c1-16-9-13-15-11(16)2-3-12-6-10-7-14-17(8-10)4-5-18/h7-9,12,18H,2-6H2,1H3. The van der Waals surface area contributed by atoms with Crippen LogP contribution >= 0.6 is 0 Å². The summed E-state index contributed by atoms with van der Waals surface area (Å²) in [6.45, 7) is 2.26. The third-order valence-corrected chi connectivity index (χ3v) is 2.68. The monoisotopic (exact) mass is 250 g/mol. The first-order valence-corrected chi connectivity index (χ1v) is 5.95. The van der Waals surface area contributed by atoms with E-state index in [9.17, 15) is 0 Å². The number of aromatic nitrogens is 5. The Kier molecular flexibility index (Phi) is 4.43. The van der Waals surface area contributed by atoms with Crippen LogP contribution in [0, 0.1) is 0 Å². The molecule has 2 aromatic rings. The highest BCUT2D eigenvalue weighted by atomic mass is 16.3. The summed E-state index contributed by atoms with van der Waals surface area (Å²) < 4.78 is 3.65. The van der Waals surface area contributed by atoms with Gasteiger partial charge in [0.05, 0.1) is 19.3 Å². The summed E-state index contributed by atoms with van der Waals surface area (Å²) in [6, 6.07) is 0. The van der Waals surface area contributed by atoms with Gasteiger partial charge in [-0.2, -0.15) is 5.10 Å². The molecule has 7 nitrogen and oxygen atoms in total. The molecule has 0 aromatic carbocycles. The summed E-state index contributed by atoms with van der Waals surface area (Å²) in [5, 5.41) is 24.1. The lowest BCUT2D eigenvalue weighted by atomic mass is 10.3. The molecule has 0 aliphatic rings. The molecule has 0 bridgehead atoms. The largest absolute Gasteiger partial charge is 0.394 e. The van der Waals surface area contributed by atoms with Crippen molar-refractivity contribution in [3.63, 3.8) is 0 Å². The molecule has 0 saturated carbocycles. The second-order valence-corrected chi connectivity index (χ2v) is 4.12. The molecule has 98 valence electrons. The van der Waals surface area contributed by atoms with Crippen molar-refractivity contribution in [1.82, 2.24) is 29.9 Å². The summed E-state index contributed by atoms with van der Waals surface area (Å²) in [7, 11) is 1.94. The molecule has 18 heavy (non-hydrogen) atoms. The number of aliphatic hydroxyl groups is 1. The van der Waals surface area contributed by atoms with E-state index in [0.717, 1.165) is 30.9 Å². The third kappa shape index (κ3) is 3.38. The van der Waals surface area contributed by atoms with Gasteiger partial charge in [0.2, 0.25) is 0 Å². The van der Waals surface area contributed by atoms with E-state index in [-0.39, 0.29) is 6.61 Å². The molecule has 2 N–H and O–H groups in total. The van der Waals surface area contributed by atoms with Crippen LogP contribution in [0.3, 0.4) is 0 Å². The van der Waals surface area contributed by atoms with Gasteiger partial charge in [-0.3, -0.25) is 4.68 Å². The van der Waals surface area contributed by atoms with Crippen LogP contribution in [0.25, 0.3) is 0 Å². The van der Waals surface area contributed by atoms with E-state index < -0.39 is 0 Å². The van der Waals surface area contributed by atoms with Crippen molar-refractivity contribution in [3.05, 3.63) is 30.1 Å². The first kappa shape index (κ1) is 12.7. The zero-order chi connectivity index (χ0) is 12.8. The van der Waals surface area contributed by atoms with Gasteiger partial charge < -0.3 is 15.0 Å². The zero-order valence-corrected chi connectivity index (χ0v) is 10.5. The molecule has 0 spiro atoms. The Balaban J connectivity index is 1.70. The molecule has 0 amide bonds. The van der Waals surface area contributed by atoms with Crippen LogP contribution in [0.2, 0.25) is 0 Å². The van der Waals surface area contributed by atoms with Crippen molar-refractivity contribution in [3.8, 4) is 0 Å². The molecular formula is C11H18N6O. The molecule has 2 heterocycles. The Labute approximate surface area is 105 Å². The molecule has 0 saturated heterocycles. The Morgan fingerprint density at radius 3 is 3.06 bits per heavy atom. The van der Waals surface area contributed by atoms with Gasteiger partial charge in [-0.05, 0) is 0 Å². The first-order chi connectivity index (χ1) is 8.79. The number of aliphatic hydroxyl groups excluding tert-OH is 1. The molecule has 0 aliphatic carbocycles. The summed E-state index contributed by atoms with van der Waals surface area (Å²) in [5.74, 6) is 0.971. The van der Waals surface area contributed by atoms with Crippen LogP contribution in [-0.4, -0.2) is 42.8 Å². The third-order valence-electron chi connectivity index (χ3n) is 2.68. The van der Waals surface area contributed by atoms with Gasteiger partial charge in [-0.1, -0.05) is 0 Å². The summed E-state index contributed by atoms with van der Waals surface area (Å²) >= 11 is 0. The number of rotatable bonds is 7. The second-order valence-electron chi connectivity index (χ2n) is 4.12. The summed E-state index contributed by atoms with van der Waals surface area (Å²) in [4.78, 5) is 0. The number of hydrogen-bond acceptors (Lipinski definition) is 5. The van der Waals surface area contributed by atoms with Gasteiger partial charge >= 0.3 is 0 Å². The molecule has 0 aliphatic heterocycles. The maximum absolute atomic E-state index is 8.78. The quantitative estimate of drug-likeness (QED) is 0.637. The van der Waals surface area contributed by atoms with Gasteiger partial charge in [0.25, 0.3) is 0 Å². The van der Waals surface area contributed by atoms with Crippen LogP contribution in [0.4, 0.5) is 0 Å². The molecule has 2 rings (SSSR count). The fourth-order valence-corrected chi connectivity index (χ4v) is 1.69. The van der Waals surface area contributed by atoms with E-state index in [1.54, 1.807) is 11.0 Å². The van der Waals surface area contributed by atoms with E-state index >= 15 is 0 Å². The maximum Gasteiger partial charge on any atom is 0.133 e. The van der Waals surface area contributed by atoms with Crippen molar-refractivity contribution in [1.29, 1.82) is 0 Å². The minimum atomic E-state index is 0.112. The van der Waals surface area contributed by atoms with Gasteiger partial charge in [-0.25, -0.2) is 0 Å². The van der Waals surface area contributed by atoms with Crippen molar-refractivity contribution >= 4 is 0 Å². The molecule has 7 heteroatoms. The van der Waals surface area contributed by atoms with Crippen LogP contribution in [-0.2, 0) is 26.6 Å². The highest BCUT2D eigenvalue weighted by molar-refractivity contribution is 5.03. The predicted octanol–water partition coefficient (Wildman–Crippen LogP) is -0.664. The van der Waals surface area contributed by atoms with Crippen LogP contribution < -0.4 is 5.32 Å². The average Bonchev–Trinajstić information content (AvgIpc) is 2.95. The maximum atomic E-state index is 8.78. The highest BCUT2D eigenvalue weighted by Gasteiger charge is 2.01. The smallest absolute Gasteiger partial charge is 0.133 e. The minimum absolute atomic E-state index is 0.112. The van der Waals surface area contributed by atoms with E-state index in [4.69, 9.17) is 5.11 Å². The topological polar surface area (TPSA) is 80.8 Å². The molecule has 0 unspecified atom stereocenters. The van der Waals surface area contributed by atoms with Crippen LogP contribution in [0.5, 0.6) is 0 Å². The Morgan fingerprint density at radius 1 is 1.44 bits per heavy atom. The fourth-order valence-electron chi connectivity index (χ4n) is 1.69. The van der Waals surface area contributed by atoms with E-state index in [1.165, 1.54) is 0 Å². The Morgan fingerprint density at radius 2 is 2.33 bits per heavy atom. The van der Waals surface area contributed by atoms with E-state index in [1.807, 2.05) is 24.0 Å². The fraction of sp³-hybridized carbons (Fsp3) is 0.545. The average molecular weight is 250 g/mol. The van der Waals surface area contributed by atoms with E-state index in [0.29, 0.717) is 6.54 Å². The lowest BCUT2D eigenvalue weighted by Crippen LogP contribution is -2.18. The highest BCUT2D eigenvalue weighted by Crippen LogP contribution is 1.97. The van der Waals surface area contributed by atoms with Crippen LogP contribution in [0.1, 0.15) is 11.4 Å². The summed E-state index contributed by atoms with van der Waals surface area (Å²) in [5.41, 5.74) is 1.11. The second kappa shape index (κ2) is 6.27. The van der Waals surface area contributed by atoms with Gasteiger partial charge in [0.1, 0.15) is 12.2 Å². The SMILES string of the molecule is Cn1cnnc1CCNCc1cnn(CCO)c1. The number of nitrogens with one attached hydrogen (secondary N) is 1. The molecule has 0 radical (unpaired) electrons. The van der Waals surface area contributed by atoms with Crippen molar-refractivity contribution in [2.45, 2.75) is 19.5 Å². The lowest BCUT2D eigenvalue weighted by molar-refractivity contribution is 0.269. The van der Waals surface area contributed by atoms with Gasteiger partial charge in [0.15, 0.2) is 0 Å². The van der Waals surface area contributed by atoms with E-state index in [2.05, 4.69) is 20.6 Å². The van der Waals surface area contributed by atoms with Crippen molar-refractivity contribution < 1.29 is 5.11 Å². The molecule has 0 fully saturated rings. The minimum Gasteiger partial charge on any atom is -0.394 e. The molecule has 0 atom stereocenters. The number of nitrogens with zero attached hydrogens (tertiary/aromatic N) is 5. The Hall–Kier alpha value is -1.73. The van der Waals surface area contributed by atoms with Gasteiger partial charge in [-0.15, -0.1) is 10.2 Å². The number of hydrogen-bond donors (Lipinski definition) is 2. The van der Waals surface area contributed by atoms with Crippen molar-refractivity contribution in [2.24, 2.45) is 7.05 Å². The molecule has 2 aromatic heterocycles.